The molecule has 3 N–H and O–H groups in total. The summed E-state index contributed by atoms with van der Waals surface area (Å²) in [5.41, 5.74) is -2.52. The Bertz CT molecular complexity index is 904. The first kappa shape index (κ1) is 22.4. The topological polar surface area (TPSA) is 78.4 Å². The van der Waals surface area contributed by atoms with Crippen LogP contribution in [0.1, 0.15) is 63.5 Å². The Labute approximate surface area is 183 Å². The van der Waals surface area contributed by atoms with E-state index in [-0.39, 0.29) is 48.6 Å². The van der Waals surface area contributed by atoms with Crippen LogP contribution in [0.5, 0.6) is 0 Å². The molecule has 2 amide bonds. The fraction of sp³-hybridized carbons (Fsp3) is 0.636. The molecular weight excluding hydrogens is 433 g/mol. The first-order valence-corrected chi connectivity index (χ1v) is 11.0. The van der Waals surface area contributed by atoms with Crippen molar-refractivity contribution < 1.29 is 27.9 Å². The van der Waals surface area contributed by atoms with E-state index in [1.54, 1.807) is 0 Å². The van der Waals surface area contributed by atoms with E-state index >= 15 is 0 Å². The fourth-order valence-electron chi connectivity index (χ4n) is 5.82. The van der Waals surface area contributed by atoms with Gasteiger partial charge in [0.25, 0.3) is 0 Å². The van der Waals surface area contributed by atoms with Gasteiger partial charge in [0.05, 0.1) is 23.2 Å². The minimum Gasteiger partial charge on any atom is -0.391 e. The second-order valence-electron chi connectivity index (χ2n) is 9.43. The van der Waals surface area contributed by atoms with Gasteiger partial charge in [-0.1, -0.05) is 11.6 Å². The minimum absolute atomic E-state index is 0.115. The third-order valence-corrected chi connectivity index (χ3v) is 7.66. The average molecular weight is 459 g/mol. The monoisotopic (exact) mass is 458 g/mol. The SMILES string of the molecule is CC(=O)N[C@H]1C[C@@H](C(=O)NC(c2c(F)ccc(Cl)c2F)C23CCC(F)(CC2)C3)C[C@@H]1O. The highest BCUT2D eigenvalue weighted by Crippen LogP contribution is 2.63. The predicted octanol–water partition coefficient (Wildman–Crippen LogP) is 3.72. The number of aliphatic hydroxyl groups excluding tert-OH is 1. The van der Waals surface area contributed by atoms with Crippen LogP contribution in [0.15, 0.2) is 12.1 Å². The highest BCUT2D eigenvalue weighted by Gasteiger charge is 2.59. The molecule has 0 radical (unpaired) electrons. The van der Waals surface area contributed by atoms with Gasteiger partial charge < -0.3 is 15.7 Å². The molecule has 0 aliphatic heterocycles. The van der Waals surface area contributed by atoms with Gasteiger partial charge >= 0.3 is 0 Å². The van der Waals surface area contributed by atoms with Gasteiger partial charge in [0.1, 0.15) is 17.3 Å². The normalized spacial score (nSPS) is 35.2. The maximum absolute atomic E-state index is 15.0. The minimum atomic E-state index is -1.38. The lowest BCUT2D eigenvalue weighted by Crippen LogP contribution is -2.42. The Morgan fingerprint density at radius 3 is 2.45 bits per heavy atom. The summed E-state index contributed by atoms with van der Waals surface area (Å²) in [6.07, 6.45) is 0.935. The Hall–Kier alpha value is -1.80. The lowest BCUT2D eigenvalue weighted by Gasteiger charge is -2.37. The number of hydrogen-bond acceptors (Lipinski definition) is 3. The summed E-state index contributed by atoms with van der Waals surface area (Å²) in [4.78, 5) is 24.4. The Balaban J connectivity index is 1.63. The average Bonchev–Trinajstić information content (AvgIpc) is 3.35. The molecule has 2 bridgehead atoms. The van der Waals surface area contributed by atoms with Crippen LogP contribution in [0, 0.1) is 23.0 Å². The molecule has 3 fully saturated rings. The van der Waals surface area contributed by atoms with E-state index < -0.39 is 52.7 Å². The zero-order valence-electron chi connectivity index (χ0n) is 17.2. The van der Waals surface area contributed by atoms with Crippen LogP contribution in [0.2, 0.25) is 5.02 Å². The van der Waals surface area contributed by atoms with Crippen LogP contribution in [0.3, 0.4) is 0 Å². The summed E-state index contributed by atoms with van der Waals surface area (Å²) >= 11 is 5.91. The van der Waals surface area contributed by atoms with Crippen LogP contribution in [-0.4, -0.2) is 34.7 Å². The van der Waals surface area contributed by atoms with Gasteiger partial charge in [-0.3, -0.25) is 9.59 Å². The number of halogens is 4. The number of carbonyl (C=O) groups is 2. The van der Waals surface area contributed by atoms with E-state index in [0.717, 1.165) is 12.1 Å². The molecule has 3 saturated carbocycles. The van der Waals surface area contributed by atoms with Gasteiger partial charge in [-0.25, -0.2) is 13.2 Å². The van der Waals surface area contributed by atoms with E-state index in [0.29, 0.717) is 12.8 Å². The fourth-order valence-corrected chi connectivity index (χ4v) is 5.98. The summed E-state index contributed by atoms with van der Waals surface area (Å²) in [6.45, 7) is 1.32. The van der Waals surface area contributed by atoms with E-state index in [4.69, 9.17) is 11.6 Å². The summed E-state index contributed by atoms with van der Waals surface area (Å²) in [7, 11) is 0. The number of benzene rings is 1. The molecule has 170 valence electrons. The maximum Gasteiger partial charge on any atom is 0.223 e. The quantitative estimate of drug-likeness (QED) is 0.588. The first-order chi connectivity index (χ1) is 14.5. The van der Waals surface area contributed by atoms with Crippen molar-refractivity contribution in [3.8, 4) is 0 Å². The molecule has 5 nitrogen and oxygen atoms in total. The van der Waals surface area contributed by atoms with Crippen molar-refractivity contribution in [2.24, 2.45) is 11.3 Å². The second-order valence-corrected chi connectivity index (χ2v) is 9.84. The molecule has 31 heavy (non-hydrogen) atoms. The van der Waals surface area contributed by atoms with Crippen LogP contribution >= 0.6 is 11.6 Å². The van der Waals surface area contributed by atoms with Gasteiger partial charge in [-0.2, -0.15) is 0 Å². The summed E-state index contributed by atoms with van der Waals surface area (Å²) in [5.74, 6) is -3.23. The van der Waals surface area contributed by atoms with Crippen LogP contribution < -0.4 is 10.6 Å². The highest BCUT2D eigenvalue weighted by molar-refractivity contribution is 6.30. The van der Waals surface area contributed by atoms with Gasteiger partial charge in [-0.05, 0) is 62.5 Å². The molecule has 4 atom stereocenters. The van der Waals surface area contributed by atoms with E-state index in [1.807, 2.05) is 0 Å². The Morgan fingerprint density at radius 2 is 1.87 bits per heavy atom. The van der Waals surface area contributed by atoms with Crippen LogP contribution in [-0.2, 0) is 9.59 Å². The van der Waals surface area contributed by atoms with Gasteiger partial charge in [0.2, 0.25) is 11.8 Å². The number of fused-ring (bicyclic) bond motifs is 2. The number of carbonyl (C=O) groups excluding carboxylic acids is 2. The van der Waals surface area contributed by atoms with Crippen molar-refractivity contribution in [1.29, 1.82) is 0 Å². The van der Waals surface area contributed by atoms with Gasteiger partial charge in [-0.15, -0.1) is 0 Å². The third-order valence-electron chi connectivity index (χ3n) is 7.37. The lowest BCUT2D eigenvalue weighted by atomic mass is 9.74. The largest absolute Gasteiger partial charge is 0.391 e. The van der Waals surface area contributed by atoms with Crippen LogP contribution in [0.4, 0.5) is 13.2 Å². The number of rotatable bonds is 5. The number of hydrogen-bond donors (Lipinski definition) is 3. The molecule has 0 spiro atoms. The maximum atomic E-state index is 15.0. The van der Waals surface area contributed by atoms with Crippen molar-refractivity contribution in [3.05, 3.63) is 34.4 Å². The second kappa shape index (κ2) is 7.96. The standard InChI is InChI=1S/C22H26ClF3N2O3/c1-11(29)27-15-8-12(9-16(15)30)20(31)28-19(17-14(24)3-2-13(23)18(17)25)21-4-6-22(26,10-21)7-5-21/h2-3,12,15-16,19,30H,4-10H2,1H3,(H,27,29)(H,28,31)/t12-,15+,16+,19?,21?,22?/m1/s1. The van der Waals surface area contributed by atoms with Crippen molar-refractivity contribution in [3.63, 3.8) is 0 Å². The molecule has 0 saturated heterocycles. The lowest BCUT2D eigenvalue weighted by molar-refractivity contribution is -0.127. The number of alkyl halides is 1. The van der Waals surface area contributed by atoms with E-state index in [9.17, 15) is 27.9 Å². The van der Waals surface area contributed by atoms with E-state index in [1.165, 1.54) is 6.92 Å². The third kappa shape index (κ3) is 4.04. The smallest absolute Gasteiger partial charge is 0.223 e. The zero-order chi connectivity index (χ0) is 22.6. The van der Waals surface area contributed by atoms with Crippen molar-refractivity contribution in [2.75, 3.05) is 0 Å². The molecule has 3 aliphatic carbocycles. The molecule has 9 heteroatoms. The molecule has 4 rings (SSSR count). The van der Waals surface area contributed by atoms with Crippen LogP contribution in [0.25, 0.3) is 0 Å². The molecule has 0 heterocycles. The molecule has 1 aromatic rings. The molecule has 0 aromatic heterocycles. The van der Waals surface area contributed by atoms with Gasteiger partial charge in [0.15, 0.2) is 0 Å². The Morgan fingerprint density at radius 1 is 1.19 bits per heavy atom. The number of amides is 2. The van der Waals surface area contributed by atoms with Crippen molar-refractivity contribution in [1.82, 2.24) is 10.6 Å². The molecule has 1 unspecified atom stereocenters. The zero-order valence-corrected chi connectivity index (χ0v) is 17.9. The first-order valence-electron chi connectivity index (χ1n) is 10.6. The number of nitrogens with one attached hydrogen (secondary N) is 2. The molecule has 3 aliphatic rings. The predicted molar refractivity (Wildman–Crippen MR) is 108 cm³/mol. The van der Waals surface area contributed by atoms with E-state index in [2.05, 4.69) is 10.6 Å². The van der Waals surface area contributed by atoms with Crippen molar-refractivity contribution >= 4 is 23.4 Å². The molecule has 1 aromatic carbocycles. The highest BCUT2D eigenvalue weighted by atomic mass is 35.5. The Kier molecular flexibility index (Phi) is 5.75. The summed E-state index contributed by atoms with van der Waals surface area (Å²) < 4.78 is 44.7. The van der Waals surface area contributed by atoms with Crippen molar-refractivity contribution in [2.45, 2.75) is 75.7 Å². The molecular formula is C22H26ClF3N2O3. The summed E-state index contributed by atoms with van der Waals surface area (Å²) in [6, 6.07) is 0.520. The number of aliphatic hydroxyl groups is 1. The van der Waals surface area contributed by atoms with Gasteiger partial charge in [0, 0.05) is 18.4 Å². The summed E-state index contributed by atoms with van der Waals surface area (Å²) in [5, 5.41) is 15.3.